The molecule has 31 heavy (non-hydrogen) atoms. The standard InChI is InChI=1S/C23H26ClN5O2/c1-15-12-21(30)29(17-4-2-3-5-17)22-18(15)14-25-23(27-22)26-16-6-7-20(19(24)13-16)28-8-10-31-11-9-28/h6-7,12-14,17H,2-5,8-11H2,1H3,(H,25,26,27). The molecule has 1 aliphatic carbocycles. The van der Waals surface area contributed by atoms with Crippen molar-refractivity contribution in [3.63, 3.8) is 0 Å². The summed E-state index contributed by atoms with van der Waals surface area (Å²) in [6.45, 7) is 5.02. The first-order chi connectivity index (χ1) is 15.1. The maximum absolute atomic E-state index is 12.8. The molecule has 1 saturated heterocycles. The molecule has 2 fully saturated rings. The summed E-state index contributed by atoms with van der Waals surface area (Å²) in [5.74, 6) is 0.458. The molecular weight excluding hydrogens is 414 g/mol. The molecule has 0 atom stereocenters. The van der Waals surface area contributed by atoms with Crippen LogP contribution in [0.2, 0.25) is 5.02 Å². The molecule has 1 aromatic carbocycles. The molecule has 0 bridgehead atoms. The van der Waals surface area contributed by atoms with Crippen LogP contribution in [-0.2, 0) is 4.74 Å². The van der Waals surface area contributed by atoms with Crippen molar-refractivity contribution < 1.29 is 4.74 Å². The Morgan fingerprint density at radius 2 is 1.94 bits per heavy atom. The van der Waals surface area contributed by atoms with Crippen molar-refractivity contribution in [1.29, 1.82) is 0 Å². The summed E-state index contributed by atoms with van der Waals surface area (Å²) in [7, 11) is 0. The minimum Gasteiger partial charge on any atom is -0.378 e. The highest BCUT2D eigenvalue weighted by Crippen LogP contribution is 2.32. The van der Waals surface area contributed by atoms with E-state index in [0.29, 0.717) is 29.8 Å². The zero-order valence-corrected chi connectivity index (χ0v) is 18.4. The van der Waals surface area contributed by atoms with E-state index in [0.717, 1.165) is 61.1 Å². The Labute approximate surface area is 186 Å². The van der Waals surface area contributed by atoms with E-state index in [9.17, 15) is 4.79 Å². The fourth-order valence-electron chi connectivity index (χ4n) is 4.62. The van der Waals surface area contributed by atoms with Gasteiger partial charge in [-0.2, -0.15) is 4.98 Å². The summed E-state index contributed by atoms with van der Waals surface area (Å²) in [6, 6.07) is 7.78. The number of aryl methyl sites for hydroxylation is 1. The van der Waals surface area contributed by atoms with Gasteiger partial charge in [0.1, 0.15) is 5.65 Å². The largest absolute Gasteiger partial charge is 0.378 e. The van der Waals surface area contributed by atoms with Crippen molar-refractivity contribution >= 4 is 40.0 Å². The number of benzene rings is 1. The molecule has 1 N–H and O–H groups in total. The molecule has 2 aromatic heterocycles. The van der Waals surface area contributed by atoms with E-state index in [1.807, 2.05) is 29.7 Å². The number of anilines is 3. The maximum Gasteiger partial charge on any atom is 0.252 e. The molecule has 0 amide bonds. The first kappa shape index (κ1) is 20.3. The Balaban J connectivity index is 1.47. The van der Waals surface area contributed by atoms with Gasteiger partial charge < -0.3 is 15.0 Å². The topological polar surface area (TPSA) is 72.3 Å². The lowest BCUT2D eigenvalue weighted by Crippen LogP contribution is -2.36. The minimum absolute atomic E-state index is 0.0134. The Morgan fingerprint density at radius 3 is 2.68 bits per heavy atom. The normalized spacial score (nSPS) is 17.4. The Kier molecular flexibility index (Phi) is 5.54. The van der Waals surface area contributed by atoms with Crippen molar-refractivity contribution in [3.8, 4) is 0 Å². The van der Waals surface area contributed by atoms with Crippen molar-refractivity contribution in [2.24, 2.45) is 0 Å². The molecule has 0 unspecified atom stereocenters. The number of nitrogens with one attached hydrogen (secondary N) is 1. The van der Waals surface area contributed by atoms with E-state index < -0.39 is 0 Å². The lowest BCUT2D eigenvalue weighted by atomic mass is 10.1. The number of halogens is 1. The zero-order valence-electron chi connectivity index (χ0n) is 17.6. The molecule has 0 radical (unpaired) electrons. The fourth-order valence-corrected chi connectivity index (χ4v) is 4.92. The molecule has 0 spiro atoms. The second kappa shape index (κ2) is 8.48. The first-order valence-electron chi connectivity index (χ1n) is 10.9. The number of hydrogen-bond donors (Lipinski definition) is 1. The predicted molar refractivity (Wildman–Crippen MR) is 124 cm³/mol. The number of aromatic nitrogens is 3. The monoisotopic (exact) mass is 439 g/mol. The van der Waals surface area contributed by atoms with Crippen LogP contribution in [0.4, 0.5) is 17.3 Å². The van der Waals surface area contributed by atoms with E-state index >= 15 is 0 Å². The van der Waals surface area contributed by atoms with E-state index in [-0.39, 0.29) is 11.6 Å². The zero-order chi connectivity index (χ0) is 21.4. The van der Waals surface area contributed by atoms with Gasteiger partial charge in [-0.25, -0.2) is 4.98 Å². The van der Waals surface area contributed by atoms with Gasteiger partial charge in [-0.05, 0) is 43.5 Å². The van der Waals surface area contributed by atoms with Crippen LogP contribution < -0.4 is 15.8 Å². The summed E-state index contributed by atoms with van der Waals surface area (Å²) >= 11 is 6.57. The summed E-state index contributed by atoms with van der Waals surface area (Å²) in [6.07, 6.45) is 6.13. The summed E-state index contributed by atoms with van der Waals surface area (Å²) in [4.78, 5) is 24.3. The number of rotatable bonds is 4. The Hall–Kier alpha value is -2.64. The smallest absolute Gasteiger partial charge is 0.252 e. The molecule has 7 nitrogen and oxygen atoms in total. The number of fused-ring (bicyclic) bond motifs is 1. The van der Waals surface area contributed by atoms with E-state index in [2.05, 4.69) is 15.2 Å². The second-order valence-corrected chi connectivity index (χ2v) is 8.70. The highest BCUT2D eigenvalue weighted by atomic mass is 35.5. The van der Waals surface area contributed by atoms with E-state index in [1.54, 1.807) is 12.3 Å². The van der Waals surface area contributed by atoms with Crippen LogP contribution in [0.25, 0.3) is 11.0 Å². The van der Waals surface area contributed by atoms with Gasteiger partial charge in [0, 0.05) is 42.5 Å². The van der Waals surface area contributed by atoms with Gasteiger partial charge in [0.15, 0.2) is 0 Å². The SMILES string of the molecule is Cc1cc(=O)n(C2CCCC2)c2nc(Nc3ccc(N4CCOCC4)c(Cl)c3)ncc12. The molecule has 1 aliphatic heterocycles. The van der Waals surface area contributed by atoms with Gasteiger partial charge in [0.2, 0.25) is 5.95 Å². The van der Waals surface area contributed by atoms with Crippen LogP contribution in [0.5, 0.6) is 0 Å². The number of morpholine rings is 1. The highest BCUT2D eigenvalue weighted by molar-refractivity contribution is 6.33. The van der Waals surface area contributed by atoms with E-state index in [1.165, 1.54) is 0 Å². The lowest BCUT2D eigenvalue weighted by Gasteiger charge is -2.29. The summed E-state index contributed by atoms with van der Waals surface area (Å²) in [5.41, 5.74) is 3.42. The number of pyridine rings is 1. The molecule has 1 saturated carbocycles. The second-order valence-electron chi connectivity index (χ2n) is 8.30. The van der Waals surface area contributed by atoms with Gasteiger partial charge in [-0.3, -0.25) is 9.36 Å². The van der Waals surface area contributed by atoms with Crippen LogP contribution in [0.15, 0.2) is 35.3 Å². The average Bonchev–Trinajstić information content (AvgIpc) is 3.29. The van der Waals surface area contributed by atoms with Crippen molar-refractivity contribution in [1.82, 2.24) is 14.5 Å². The van der Waals surface area contributed by atoms with Gasteiger partial charge in [-0.15, -0.1) is 0 Å². The molecule has 3 aromatic rings. The van der Waals surface area contributed by atoms with Gasteiger partial charge in [0.25, 0.3) is 5.56 Å². The maximum atomic E-state index is 12.8. The van der Waals surface area contributed by atoms with E-state index in [4.69, 9.17) is 21.3 Å². The third-order valence-electron chi connectivity index (χ3n) is 6.24. The quantitative estimate of drug-likeness (QED) is 0.647. The van der Waals surface area contributed by atoms with Gasteiger partial charge in [0.05, 0.1) is 23.9 Å². The first-order valence-corrected chi connectivity index (χ1v) is 11.3. The van der Waals surface area contributed by atoms with Crippen LogP contribution in [-0.4, -0.2) is 40.8 Å². The van der Waals surface area contributed by atoms with Crippen molar-refractivity contribution in [2.45, 2.75) is 38.6 Å². The fraction of sp³-hybridized carbons (Fsp3) is 0.435. The number of nitrogens with zero attached hydrogens (tertiary/aromatic N) is 4. The molecule has 162 valence electrons. The van der Waals surface area contributed by atoms with Crippen LogP contribution in [0, 0.1) is 6.92 Å². The lowest BCUT2D eigenvalue weighted by molar-refractivity contribution is 0.122. The average molecular weight is 440 g/mol. The molecule has 2 aliphatic rings. The molecule has 8 heteroatoms. The summed E-state index contributed by atoms with van der Waals surface area (Å²) in [5, 5.41) is 4.85. The number of hydrogen-bond acceptors (Lipinski definition) is 6. The highest BCUT2D eigenvalue weighted by Gasteiger charge is 2.22. The number of ether oxygens (including phenoxy) is 1. The van der Waals surface area contributed by atoms with Crippen LogP contribution in [0.3, 0.4) is 0 Å². The molecule has 3 heterocycles. The molecule has 5 rings (SSSR count). The van der Waals surface area contributed by atoms with Gasteiger partial charge >= 0.3 is 0 Å². The summed E-state index contributed by atoms with van der Waals surface area (Å²) < 4.78 is 7.28. The molecular formula is C23H26ClN5O2. The third kappa shape index (κ3) is 4.00. The Morgan fingerprint density at radius 1 is 1.16 bits per heavy atom. The third-order valence-corrected chi connectivity index (χ3v) is 6.55. The Bertz CT molecular complexity index is 1170. The predicted octanol–water partition coefficient (Wildman–Crippen LogP) is 4.45. The van der Waals surface area contributed by atoms with Crippen molar-refractivity contribution in [3.05, 3.63) is 51.4 Å². The minimum atomic E-state index is 0.0134. The van der Waals surface area contributed by atoms with Gasteiger partial charge in [-0.1, -0.05) is 24.4 Å². The van der Waals surface area contributed by atoms with Crippen LogP contribution in [0.1, 0.15) is 37.3 Å². The van der Waals surface area contributed by atoms with Crippen LogP contribution >= 0.6 is 11.6 Å². The van der Waals surface area contributed by atoms with Crippen molar-refractivity contribution in [2.75, 3.05) is 36.5 Å².